The largest absolute Gasteiger partial charge is 0.374 e. The second-order valence-corrected chi connectivity index (χ2v) is 5.62. The highest BCUT2D eigenvalue weighted by Gasteiger charge is 2.53. The number of fused-ring (bicyclic) bond motifs is 5. The van der Waals surface area contributed by atoms with Crippen LogP contribution < -0.4 is 5.32 Å². The molecule has 0 aliphatic carbocycles. The average molecular weight is 238 g/mol. The van der Waals surface area contributed by atoms with Crippen LogP contribution in [0, 0.1) is 11.8 Å². The molecule has 0 aromatic heterocycles. The molecule has 4 atom stereocenters. The number of nitrogens with zero attached hydrogens (tertiary/aromatic N) is 1. The summed E-state index contributed by atoms with van der Waals surface area (Å²) in [4.78, 5) is 14.1. The molecule has 1 N–H and O–H groups in total. The van der Waals surface area contributed by atoms with Gasteiger partial charge in [0.1, 0.15) is 0 Å². The third kappa shape index (κ3) is 1.97. The van der Waals surface area contributed by atoms with Gasteiger partial charge in [-0.25, -0.2) is 0 Å². The van der Waals surface area contributed by atoms with Crippen molar-refractivity contribution in [2.45, 2.75) is 37.9 Å². The molecule has 3 fully saturated rings. The van der Waals surface area contributed by atoms with Crippen molar-refractivity contribution in [3.63, 3.8) is 0 Å². The minimum Gasteiger partial charge on any atom is -0.374 e. The Bertz CT molecular complexity index is 290. The summed E-state index contributed by atoms with van der Waals surface area (Å²) in [5.41, 5.74) is 0. The molecule has 4 nitrogen and oxygen atoms in total. The van der Waals surface area contributed by atoms with E-state index in [-0.39, 0.29) is 0 Å². The summed E-state index contributed by atoms with van der Waals surface area (Å²) >= 11 is 0. The van der Waals surface area contributed by atoms with Gasteiger partial charge in [0.05, 0.1) is 12.2 Å². The minimum absolute atomic E-state index is 0.342. The number of likely N-dealkylation sites (tertiary alicyclic amines) is 1. The molecule has 3 aliphatic rings. The van der Waals surface area contributed by atoms with Gasteiger partial charge in [0.25, 0.3) is 0 Å². The number of nitrogens with one attached hydrogen (secondary N) is 1. The first-order chi connectivity index (χ1) is 8.29. The zero-order chi connectivity index (χ0) is 11.8. The van der Waals surface area contributed by atoms with E-state index in [0.29, 0.717) is 36.4 Å². The van der Waals surface area contributed by atoms with Crippen molar-refractivity contribution < 1.29 is 9.53 Å². The second kappa shape index (κ2) is 4.58. The lowest BCUT2D eigenvalue weighted by Crippen LogP contribution is -2.31. The van der Waals surface area contributed by atoms with Crippen molar-refractivity contribution in [2.24, 2.45) is 11.8 Å². The summed E-state index contributed by atoms with van der Waals surface area (Å²) in [5, 5.41) is 3.09. The third-order valence-corrected chi connectivity index (χ3v) is 4.62. The Morgan fingerprint density at radius 1 is 1.29 bits per heavy atom. The molecule has 1 amide bonds. The van der Waals surface area contributed by atoms with Crippen molar-refractivity contribution in [3.05, 3.63) is 0 Å². The van der Waals surface area contributed by atoms with E-state index < -0.39 is 0 Å². The highest BCUT2D eigenvalue weighted by atomic mass is 16.5. The molecule has 0 aromatic rings. The molecule has 0 saturated carbocycles. The summed E-state index contributed by atoms with van der Waals surface area (Å²) in [7, 11) is 1.93. The van der Waals surface area contributed by atoms with Crippen LogP contribution in [0.25, 0.3) is 0 Å². The maximum atomic E-state index is 12.0. The SMILES string of the molecule is CNCCCC(=O)N1CC2C3CCC(O3)C2C1. The average Bonchev–Trinajstić information content (AvgIpc) is 3.01. The molecular formula is C13H22N2O2. The summed E-state index contributed by atoms with van der Waals surface area (Å²) in [6.07, 6.45) is 4.99. The van der Waals surface area contributed by atoms with Gasteiger partial charge in [-0.1, -0.05) is 0 Å². The van der Waals surface area contributed by atoms with E-state index in [4.69, 9.17) is 4.74 Å². The predicted molar refractivity (Wildman–Crippen MR) is 64.6 cm³/mol. The van der Waals surface area contributed by atoms with Gasteiger partial charge in [-0.3, -0.25) is 4.79 Å². The van der Waals surface area contributed by atoms with Gasteiger partial charge in [0.2, 0.25) is 5.91 Å². The molecule has 0 aromatic carbocycles. The molecule has 4 unspecified atom stereocenters. The van der Waals surface area contributed by atoms with Crippen molar-refractivity contribution in [3.8, 4) is 0 Å². The van der Waals surface area contributed by atoms with Crippen molar-refractivity contribution in [1.29, 1.82) is 0 Å². The quantitative estimate of drug-likeness (QED) is 0.730. The van der Waals surface area contributed by atoms with Gasteiger partial charge < -0.3 is 15.0 Å². The van der Waals surface area contributed by atoms with Crippen molar-refractivity contribution in [2.75, 3.05) is 26.7 Å². The molecule has 96 valence electrons. The lowest BCUT2D eigenvalue weighted by atomic mass is 9.82. The van der Waals surface area contributed by atoms with Crippen LogP contribution in [0.4, 0.5) is 0 Å². The van der Waals surface area contributed by atoms with Crippen LogP contribution in [0.1, 0.15) is 25.7 Å². The molecule has 17 heavy (non-hydrogen) atoms. The number of amides is 1. The standard InChI is InChI=1S/C13H22N2O2/c1-14-6-2-3-13(16)15-7-9-10(8-15)12-5-4-11(9)17-12/h9-12,14H,2-8H2,1H3. The summed E-state index contributed by atoms with van der Waals surface area (Å²) < 4.78 is 5.92. The van der Waals surface area contributed by atoms with E-state index in [9.17, 15) is 4.79 Å². The Labute approximate surface area is 103 Å². The fraction of sp³-hybridized carbons (Fsp3) is 0.923. The first-order valence-corrected chi connectivity index (χ1v) is 6.87. The zero-order valence-electron chi connectivity index (χ0n) is 10.5. The maximum Gasteiger partial charge on any atom is 0.222 e. The van der Waals surface area contributed by atoms with Crippen LogP contribution in [-0.2, 0) is 9.53 Å². The molecule has 0 radical (unpaired) electrons. The van der Waals surface area contributed by atoms with E-state index in [2.05, 4.69) is 10.2 Å². The molecule has 0 spiro atoms. The molecule has 3 rings (SSSR count). The van der Waals surface area contributed by atoms with Crippen LogP contribution in [0.15, 0.2) is 0 Å². The molecule has 2 bridgehead atoms. The highest BCUT2D eigenvalue weighted by Crippen LogP contribution is 2.47. The number of hydrogen-bond acceptors (Lipinski definition) is 3. The maximum absolute atomic E-state index is 12.0. The van der Waals surface area contributed by atoms with E-state index in [1.165, 1.54) is 12.8 Å². The minimum atomic E-state index is 0.342. The number of ether oxygens (including phenoxy) is 1. The number of carbonyl (C=O) groups is 1. The molecule has 3 saturated heterocycles. The van der Waals surface area contributed by atoms with Gasteiger partial charge >= 0.3 is 0 Å². The fourth-order valence-corrected chi connectivity index (χ4v) is 3.74. The molecule has 3 heterocycles. The summed E-state index contributed by atoms with van der Waals surface area (Å²) in [6.45, 7) is 2.83. The van der Waals surface area contributed by atoms with E-state index in [1.54, 1.807) is 0 Å². The van der Waals surface area contributed by atoms with Gasteiger partial charge in [-0.15, -0.1) is 0 Å². The summed E-state index contributed by atoms with van der Waals surface area (Å²) in [6, 6.07) is 0. The molecule has 3 aliphatic heterocycles. The monoisotopic (exact) mass is 238 g/mol. The van der Waals surface area contributed by atoms with Gasteiger partial charge in [-0.2, -0.15) is 0 Å². The fourth-order valence-electron chi connectivity index (χ4n) is 3.74. The number of carbonyl (C=O) groups excluding carboxylic acids is 1. The van der Waals surface area contributed by atoms with Crippen molar-refractivity contribution >= 4 is 5.91 Å². The van der Waals surface area contributed by atoms with Gasteiger partial charge in [0, 0.05) is 31.3 Å². The Balaban J connectivity index is 1.52. The lowest BCUT2D eigenvalue weighted by Gasteiger charge is -2.18. The van der Waals surface area contributed by atoms with Crippen LogP contribution in [0.3, 0.4) is 0 Å². The van der Waals surface area contributed by atoms with Crippen molar-refractivity contribution in [1.82, 2.24) is 10.2 Å². The normalized spacial score (nSPS) is 38.8. The second-order valence-electron chi connectivity index (χ2n) is 5.62. The van der Waals surface area contributed by atoms with Crippen LogP contribution in [0.5, 0.6) is 0 Å². The highest BCUT2D eigenvalue weighted by molar-refractivity contribution is 5.76. The number of hydrogen-bond donors (Lipinski definition) is 1. The van der Waals surface area contributed by atoms with Gasteiger partial charge in [0.15, 0.2) is 0 Å². The molecular weight excluding hydrogens is 216 g/mol. The Hall–Kier alpha value is -0.610. The zero-order valence-corrected chi connectivity index (χ0v) is 10.5. The van der Waals surface area contributed by atoms with Crippen LogP contribution in [-0.4, -0.2) is 49.7 Å². The number of rotatable bonds is 4. The van der Waals surface area contributed by atoms with E-state index >= 15 is 0 Å². The smallest absolute Gasteiger partial charge is 0.222 e. The van der Waals surface area contributed by atoms with Gasteiger partial charge in [-0.05, 0) is 32.9 Å². The topological polar surface area (TPSA) is 41.6 Å². The first kappa shape index (κ1) is 11.5. The predicted octanol–water partition coefficient (Wildman–Crippen LogP) is 0.622. The molecule has 4 heteroatoms. The first-order valence-electron chi connectivity index (χ1n) is 6.87. The summed E-state index contributed by atoms with van der Waals surface area (Å²) in [5.74, 6) is 1.62. The van der Waals surface area contributed by atoms with Crippen LogP contribution in [0.2, 0.25) is 0 Å². The Morgan fingerprint density at radius 2 is 1.94 bits per heavy atom. The van der Waals surface area contributed by atoms with E-state index in [0.717, 1.165) is 26.1 Å². The van der Waals surface area contributed by atoms with E-state index in [1.807, 2.05) is 7.05 Å². The third-order valence-electron chi connectivity index (χ3n) is 4.62. The Morgan fingerprint density at radius 3 is 2.53 bits per heavy atom. The lowest BCUT2D eigenvalue weighted by molar-refractivity contribution is -0.131. The van der Waals surface area contributed by atoms with Crippen LogP contribution >= 0.6 is 0 Å². The Kier molecular flexibility index (Phi) is 3.09.